The van der Waals surface area contributed by atoms with Gasteiger partial charge in [-0.1, -0.05) is 41.9 Å². The van der Waals surface area contributed by atoms with Gasteiger partial charge in [0, 0.05) is 6.20 Å². The maximum atomic E-state index is 6.02. The zero-order valence-corrected chi connectivity index (χ0v) is 14.9. The number of nitrogens with zero attached hydrogens (tertiary/aromatic N) is 8. The Bertz CT molecular complexity index is 974. The average molecular weight is 369 g/mol. The molecule has 3 heterocycles. The molecule has 9 heteroatoms. The fourth-order valence-corrected chi connectivity index (χ4v) is 2.90. The number of hydrogen-bond acceptors (Lipinski definition) is 5. The predicted octanol–water partition coefficient (Wildman–Crippen LogP) is 2.43. The highest BCUT2D eigenvalue weighted by Crippen LogP contribution is 2.19. The standard InChI is InChI=1S/C17H17ClN8/c1-13(25-9-15(18)7-20-25)17-22-16(10-24-12-19-11-21-24)23-26(17)8-14-5-3-2-4-6-14/h2-7,9,11-13H,8,10H2,1H3. The van der Waals surface area contributed by atoms with Crippen molar-refractivity contribution in [3.05, 3.63) is 77.6 Å². The molecule has 0 saturated heterocycles. The summed E-state index contributed by atoms with van der Waals surface area (Å²) < 4.78 is 5.39. The fourth-order valence-electron chi connectivity index (χ4n) is 2.76. The number of benzene rings is 1. The van der Waals surface area contributed by atoms with Crippen LogP contribution >= 0.6 is 11.6 Å². The van der Waals surface area contributed by atoms with E-state index in [1.807, 2.05) is 29.8 Å². The van der Waals surface area contributed by atoms with Crippen molar-refractivity contribution >= 4 is 11.6 Å². The summed E-state index contributed by atoms with van der Waals surface area (Å²) in [7, 11) is 0. The minimum absolute atomic E-state index is 0.108. The highest BCUT2D eigenvalue weighted by molar-refractivity contribution is 6.30. The predicted molar refractivity (Wildman–Crippen MR) is 95.7 cm³/mol. The van der Waals surface area contributed by atoms with Gasteiger partial charge in [0.1, 0.15) is 25.2 Å². The molecule has 0 aliphatic carbocycles. The lowest BCUT2D eigenvalue weighted by Crippen LogP contribution is -2.15. The first-order valence-corrected chi connectivity index (χ1v) is 8.56. The van der Waals surface area contributed by atoms with Crippen molar-refractivity contribution in [1.82, 2.24) is 39.3 Å². The maximum Gasteiger partial charge on any atom is 0.172 e. The lowest BCUT2D eigenvalue weighted by molar-refractivity contribution is 0.496. The molecule has 0 spiro atoms. The maximum absolute atomic E-state index is 6.02. The monoisotopic (exact) mass is 368 g/mol. The largest absolute Gasteiger partial charge is 0.261 e. The van der Waals surface area contributed by atoms with Gasteiger partial charge in [-0.3, -0.25) is 4.68 Å². The fraction of sp³-hybridized carbons (Fsp3) is 0.235. The van der Waals surface area contributed by atoms with Gasteiger partial charge in [-0.05, 0) is 12.5 Å². The van der Waals surface area contributed by atoms with Crippen LogP contribution in [-0.4, -0.2) is 39.3 Å². The normalized spacial score (nSPS) is 12.4. The van der Waals surface area contributed by atoms with Crippen molar-refractivity contribution in [2.45, 2.75) is 26.1 Å². The highest BCUT2D eigenvalue weighted by atomic mass is 35.5. The van der Waals surface area contributed by atoms with E-state index in [0.717, 1.165) is 11.4 Å². The van der Waals surface area contributed by atoms with Crippen LogP contribution in [-0.2, 0) is 13.1 Å². The molecule has 3 aromatic heterocycles. The zero-order chi connectivity index (χ0) is 17.9. The van der Waals surface area contributed by atoms with Crippen molar-refractivity contribution in [3.63, 3.8) is 0 Å². The Morgan fingerprint density at radius 1 is 1.12 bits per heavy atom. The van der Waals surface area contributed by atoms with Gasteiger partial charge < -0.3 is 0 Å². The summed E-state index contributed by atoms with van der Waals surface area (Å²) in [5.74, 6) is 1.48. The molecule has 1 atom stereocenters. The van der Waals surface area contributed by atoms with Gasteiger partial charge in [0.2, 0.25) is 0 Å². The van der Waals surface area contributed by atoms with Gasteiger partial charge in [-0.25, -0.2) is 19.3 Å². The molecule has 26 heavy (non-hydrogen) atoms. The van der Waals surface area contributed by atoms with Crippen LogP contribution in [0, 0.1) is 0 Å². The summed E-state index contributed by atoms with van der Waals surface area (Å²) >= 11 is 6.02. The van der Waals surface area contributed by atoms with Crippen molar-refractivity contribution in [2.24, 2.45) is 0 Å². The van der Waals surface area contributed by atoms with Crippen LogP contribution in [0.4, 0.5) is 0 Å². The lowest BCUT2D eigenvalue weighted by Gasteiger charge is -2.13. The lowest BCUT2D eigenvalue weighted by atomic mass is 10.2. The van der Waals surface area contributed by atoms with Crippen LogP contribution < -0.4 is 0 Å². The quantitative estimate of drug-likeness (QED) is 0.522. The van der Waals surface area contributed by atoms with E-state index in [2.05, 4.69) is 32.4 Å². The van der Waals surface area contributed by atoms with Gasteiger partial charge in [-0.2, -0.15) is 15.3 Å². The van der Waals surface area contributed by atoms with Crippen molar-refractivity contribution in [1.29, 1.82) is 0 Å². The molecule has 0 bridgehead atoms. The zero-order valence-electron chi connectivity index (χ0n) is 14.1. The van der Waals surface area contributed by atoms with Crippen LogP contribution in [0.15, 0.2) is 55.4 Å². The molecule has 0 N–H and O–H groups in total. The molecule has 0 amide bonds. The van der Waals surface area contributed by atoms with Gasteiger partial charge in [0.15, 0.2) is 11.6 Å². The molecule has 132 valence electrons. The molecule has 4 aromatic rings. The minimum Gasteiger partial charge on any atom is -0.261 e. The molecule has 0 fully saturated rings. The summed E-state index contributed by atoms with van der Waals surface area (Å²) in [5.41, 5.74) is 1.15. The van der Waals surface area contributed by atoms with Gasteiger partial charge in [0.25, 0.3) is 0 Å². The first-order valence-electron chi connectivity index (χ1n) is 8.18. The Hall–Kier alpha value is -3.00. The van der Waals surface area contributed by atoms with Crippen LogP contribution in [0.2, 0.25) is 5.02 Å². The second-order valence-corrected chi connectivity index (χ2v) is 6.37. The molecule has 0 radical (unpaired) electrons. The van der Waals surface area contributed by atoms with E-state index in [4.69, 9.17) is 16.6 Å². The average Bonchev–Trinajstić information content (AvgIpc) is 3.38. The molecule has 0 aliphatic rings. The van der Waals surface area contributed by atoms with Gasteiger partial charge in [-0.15, -0.1) is 0 Å². The van der Waals surface area contributed by atoms with E-state index in [1.165, 1.54) is 6.33 Å². The Kier molecular flexibility index (Phi) is 4.49. The smallest absolute Gasteiger partial charge is 0.172 e. The van der Waals surface area contributed by atoms with E-state index in [0.29, 0.717) is 23.9 Å². The topological polar surface area (TPSA) is 79.2 Å². The highest BCUT2D eigenvalue weighted by Gasteiger charge is 2.19. The third kappa shape index (κ3) is 3.50. The molecule has 0 saturated carbocycles. The third-order valence-electron chi connectivity index (χ3n) is 4.03. The van der Waals surface area contributed by atoms with Crippen molar-refractivity contribution < 1.29 is 0 Å². The van der Waals surface area contributed by atoms with Gasteiger partial charge in [0.05, 0.1) is 17.8 Å². The van der Waals surface area contributed by atoms with E-state index in [1.54, 1.807) is 28.1 Å². The number of hydrogen-bond donors (Lipinski definition) is 0. The second kappa shape index (κ2) is 7.09. The first-order chi connectivity index (χ1) is 12.7. The van der Waals surface area contributed by atoms with Crippen LogP contribution in [0.3, 0.4) is 0 Å². The number of rotatable bonds is 6. The van der Waals surface area contributed by atoms with Crippen LogP contribution in [0.1, 0.15) is 30.2 Å². The Balaban J connectivity index is 1.68. The van der Waals surface area contributed by atoms with Crippen molar-refractivity contribution in [2.75, 3.05) is 0 Å². The molecule has 1 unspecified atom stereocenters. The summed E-state index contributed by atoms with van der Waals surface area (Å²) in [5, 5.41) is 13.7. The minimum atomic E-state index is -0.108. The Labute approximate surface area is 155 Å². The molecule has 4 rings (SSSR count). The molecular formula is C17H17ClN8. The summed E-state index contributed by atoms with van der Waals surface area (Å²) in [6, 6.07) is 10.0. The number of aromatic nitrogens is 8. The molecule has 8 nitrogen and oxygen atoms in total. The molecule has 1 aromatic carbocycles. The summed E-state index contributed by atoms with van der Waals surface area (Å²) in [6.45, 7) is 3.11. The Morgan fingerprint density at radius 3 is 2.65 bits per heavy atom. The third-order valence-corrected chi connectivity index (χ3v) is 4.23. The molecular weight excluding hydrogens is 352 g/mol. The van der Waals surface area contributed by atoms with Crippen molar-refractivity contribution in [3.8, 4) is 0 Å². The van der Waals surface area contributed by atoms with Crippen LogP contribution in [0.25, 0.3) is 0 Å². The van der Waals surface area contributed by atoms with Crippen LogP contribution in [0.5, 0.6) is 0 Å². The SMILES string of the molecule is CC(c1nc(Cn2cncn2)nn1Cc1ccccc1)n1cc(Cl)cn1. The van der Waals surface area contributed by atoms with E-state index >= 15 is 0 Å². The van der Waals surface area contributed by atoms with E-state index in [9.17, 15) is 0 Å². The number of halogens is 1. The van der Waals surface area contributed by atoms with E-state index in [-0.39, 0.29) is 6.04 Å². The Morgan fingerprint density at radius 2 is 1.96 bits per heavy atom. The first kappa shape index (κ1) is 16.5. The van der Waals surface area contributed by atoms with Gasteiger partial charge >= 0.3 is 0 Å². The van der Waals surface area contributed by atoms with E-state index < -0.39 is 0 Å². The second-order valence-electron chi connectivity index (χ2n) is 5.94. The summed E-state index contributed by atoms with van der Waals surface area (Å²) in [6.07, 6.45) is 6.54. The molecule has 0 aliphatic heterocycles. The summed E-state index contributed by atoms with van der Waals surface area (Å²) in [4.78, 5) is 8.69.